The maximum absolute atomic E-state index is 13.3. The highest BCUT2D eigenvalue weighted by atomic mass is 32.1. The predicted molar refractivity (Wildman–Crippen MR) is 121 cm³/mol. The molecule has 0 aliphatic heterocycles. The number of hydrogen-bond acceptors (Lipinski definition) is 6. The molecule has 0 aliphatic carbocycles. The standard InChI is InChI=1S/C24H18N2O4S/c1-28-17-9-5-15(6-10-17)21-22(16-7-11-18(29-2)12-8-16)26-23(27)20(31-24(26)25-21)14-19-4-3-13-30-19/h3-14H,1-2H3/b20-14+. The molecule has 6 nitrogen and oxygen atoms in total. The van der Waals surface area contributed by atoms with Gasteiger partial charge in [-0.15, -0.1) is 0 Å². The molecule has 5 aromatic rings. The van der Waals surface area contributed by atoms with E-state index in [4.69, 9.17) is 18.9 Å². The van der Waals surface area contributed by atoms with Crippen LogP contribution in [0.15, 0.2) is 76.1 Å². The van der Waals surface area contributed by atoms with Gasteiger partial charge in [0.1, 0.15) is 21.8 Å². The number of imidazole rings is 1. The third-order valence-corrected chi connectivity index (χ3v) is 5.97. The zero-order chi connectivity index (χ0) is 21.4. The fraction of sp³-hybridized carbons (Fsp3) is 0.0833. The molecule has 31 heavy (non-hydrogen) atoms. The smallest absolute Gasteiger partial charge is 0.275 e. The van der Waals surface area contributed by atoms with Crippen LogP contribution in [-0.2, 0) is 0 Å². The Morgan fingerprint density at radius 1 is 0.935 bits per heavy atom. The highest BCUT2D eigenvalue weighted by Gasteiger charge is 2.20. The van der Waals surface area contributed by atoms with Gasteiger partial charge in [-0.05, 0) is 60.7 Å². The summed E-state index contributed by atoms with van der Waals surface area (Å²) in [7, 11) is 3.26. The molecule has 0 saturated heterocycles. The molecule has 0 unspecified atom stereocenters. The summed E-state index contributed by atoms with van der Waals surface area (Å²) >= 11 is 1.34. The lowest BCUT2D eigenvalue weighted by Crippen LogP contribution is -2.23. The molecule has 7 heteroatoms. The normalized spacial score (nSPS) is 11.9. The molecule has 2 aromatic carbocycles. The summed E-state index contributed by atoms with van der Waals surface area (Å²) in [5.41, 5.74) is 3.12. The summed E-state index contributed by atoms with van der Waals surface area (Å²) in [4.78, 5) is 18.8. The summed E-state index contributed by atoms with van der Waals surface area (Å²) < 4.78 is 18.2. The van der Waals surface area contributed by atoms with E-state index in [-0.39, 0.29) is 5.56 Å². The van der Waals surface area contributed by atoms with Crippen molar-refractivity contribution in [3.05, 3.63) is 87.6 Å². The average molecular weight is 430 g/mol. The second kappa shape index (κ2) is 7.77. The Kier molecular flexibility index (Phi) is 4.80. The molecule has 0 spiro atoms. The molecule has 0 amide bonds. The number of furan rings is 1. The first-order chi connectivity index (χ1) is 15.2. The maximum atomic E-state index is 13.3. The fourth-order valence-electron chi connectivity index (χ4n) is 3.47. The second-order valence-electron chi connectivity index (χ2n) is 6.82. The third kappa shape index (κ3) is 3.39. The lowest BCUT2D eigenvalue weighted by Gasteiger charge is -2.07. The summed E-state index contributed by atoms with van der Waals surface area (Å²) in [5, 5.41) is 0. The van der Waals surface area contributed by atoms with Crippen LogP contribution in [0.2, 0.25) is 0 Å². The van der Waals surface area contributed by atoms with E-state index in [1.165, 1.54) is 11.3 Å². The summed E-state index contributed by atoms with van der Waals surface area (Å²) in [6, 6.07) is 18.9. The highest BCUT2D eigenvalue weighted by molar-refractivity contribution is 7.15. The van der Waals surface area contributed by atoms with E-state index in [0.717, 1.165) is 34.0 Å². The van der Waals surface area contributed by atoms with Crippen molar-refractivity contribution in [2.45, 2.75) is 0 Å². The van der Waals surface area contributed by atoms with Crippen molar-refractivity contribution >= 4 is 22.4 Å². The molecule has 0 bridgehead atoms. The van der Waals surface area contributed by atoms with Gasteiger partial charge in [-0.2, -0.15) is 0 Å². The monoisotopic (exact) mass is 430 g/mol. The van der Waals surface area contributed by atoms with Crippen molar-refractivity contribution in [2.75, 3.05) is 14.2 Å². The Labute approximate surface area is 181 Å². The molecule has 5 rings (SSSR count). The van der Waals surface area contributed by atoms with Gasteiger partial charge in [0.25, 0.3) is 5.56 Å². The minimum atomic E-state index is -0.130. The first-order valence-corrected chi connectivity index (χ1v) is 10.4. The second-order valence-corrected chi connectivity index (χ2v) is 7.82. The average Bonchev–Trinajstić information content (AvgIpc) is 3.52. The van der Waals surface area contributed by atoms with E-state index < -0.39 is 0 Å². The predicted octanol–water partition coefficient (Wildman–Crippen LogP) is 4.25. The van der Waals surface area contributed by atoms with Crippen LogP contribution in [0.3, 0.4) is 0 Å². The molecule has 154 valence electrons. The Morgan fingerprint density at radius 2 is 1.58 bits per heavy atom. The zero-order valence-corrected chi connectivity index (χ0v) is 17.7. The van der Waals surface area contributed by atoms with E-state index in [0.29, 0.717) is 15.3 Å². The fourth-order valence-corrected chi connectivity index (χ4v) is 4.42. The highest BCUT2D eigenvalue weighted by Crippen LogP contribution is 2.34. The topological polar surface area (TPSA) is 66.0 Å². The van der Waals surface area contributed by atoms with Crippen LogP contribution in [0.1, 0.15) is 5.76 Å². The van der Waals surface area contributed by atoms with Crippen LogP contribution >= 0.6 is 11.3 Å². The van der Waals surface area contributed by atoms with Crippen molar-refractivity contribution < 1.29 is 13.9 Å². The van der Waals surface area contributed by atoms with Gasteiger partial charge in [-0.1, -0.05) is 11.3 Å². The van der Waals surface area contributed by atoms with Gasteiger partial charge >= 0.3 is 0 Å². The van der Waals surface area contributed by atoms with Gasteiger partial charge < -0.3 is 13.9 Å². The number of nitrogens with zero attached hydrogens (tertiary/aromatic N) is 2. The van der Waals surface area contributed by atoms with E-state index in [2.05, 4.69) is 0 Å². The molecular formula is C24H18N2O4S. The van der Waals surface area contributed by atoms with E-state index in [1.54, 1.807) is 37.0 Å². The zero-order valence-electron chi connectivity index (χ0n) is 16.9. The van der Waals surface area contributed by atoms with Gasteiger partial charge in [0.15, 0.2) is 4.96 Å². The number of fused-ring (bicyclic) bond motifs is 1. The Bertz CT molecular complexity index is 1450. The largest absolute Gasteiger partial charge is 0.497 e. The lowest BCUT2D eigenvalue weighted by molar-refractivity contribution is 0.414. The molecule has 0 fully saturated rings. The Balaban J connectivity index is 1.77. The van der Waals surface area contributed by atoms with E-state index >= 15 is 0 Å². The number of rotatable bonds is 5. The molecule has 0 N–H and O–H groups in total. The van der Waals surface area contributed by atoms with Crippen LogP contribution in [0, 0.1) is 0 Å². The molecular weight excluding hydrogens is 412 g/mol. The van der Waals surface area contributed by atoms with Gasteiger partial charge in [0.2, 0.25) is 0 Å². The molecule has 0 aliphatic rings. The molecule has 3 heterocycles. The minimum Gasteiger partial charge on any atom is -0.497 e. The number of benzene rings is 2. The minimum absolute atomic E-state index is 0.130. The lowest BCUT2D eigenvalue weighted by atomic mass is 10.0. The van der Waals surface area contributed by atoms with Crippen molar-refractivity contribution in [1.29, 1.82) is 0 Å². The quantitative estimate of drug-likeness (QED) is 0.417. The van der Waals surface area contributed by atoms with Crippen molar-refractivity contribution in [1.82, 2.24) is 9.38 Å². The van der Waals surface area contributed by atoms with E-state index in [9.17, 15) is 4.79 Å². The van der Waals surface area contributed by atoms with Crippen molar-refractivity contribution in [2.24, 2.45) is 0 Å². The van der Waals surface area contributed by atoms with Gasteiger partial charge in [0.05, 0.1) is 31.9 Å². The third-order valence-electron chi connectivity index (χ3n) is 5.01. The van der Waals surface area contributed by atoms with Crippen molar-refractivity contribution in [3.8, 4) is 34.0 Å². The molecule has 3 aromatic heterocycles. The van der Waals surface area contributed by atoms with Crippen molar-refractivity contribution in [3.63, 3.8) is 0 Å². The van der Waals surface area contributed by atoms with Crippen LogP contribution in [0.25, 0.3) is 33.6 Å². The van der Waals surface area contributed by atoms with Crippen LogP contribution < -0.4 is 19.6 Å². The van der Waals surface area contributed by atoms with Gasteiger partial charge in [-0.3, -0.25) is 4.79 Å². The van der Waals surface area contributed by atoms with Gasteiger partial charge in [-0.25, -0.2) is 9.38 Å². The maximum Gasteiger partial charge on any atom is 0.275 e. The Morgan fingerprint density at radius 3 is 2.16 bits per heavy atom. The van der Waals surface area contributed by atoms with E-state index in [1.807, 2.05) is 54.6 Å². The van der Waals surface area contributed by atoms with Crippen LogP contribution in [0.5, 0.6) is 11.5 Å². The number of ether oxygens (including phenoxy) is 2. The summed E-state index contributed by atoms with van der Waals surface area (Å²) in [5.74, 6) is 2.13. The Hall–Kier alpha value is -3.84. The number of methoxy groups -OCH3 is 2. The first-order valence-electron chi connectivity index (χ1n) is 9.57. The number of aromatic nitrogens is 2. The number of thiazole rings is 1. The SMILES string of the molecule is COc1ccc(-c2nc3s/c(=C/c4ccco4)c(=O)n3c2-c2ccc(OC)cc2)cc1. The first kappa shape index (κ1) is 19.1. The summed E-state index contributed by atoms with van der Waals surface area (Å²) in [6.07, 6.45) is 3.33. The molecule has 0 saturated carbocycles. The molecule has 0 radical (unpaired) electrons. The summed E-state index contributed by atoms with van der Waals surface area (Å²) in [6.45, 7) is 0. The van der Waals surface area contributed by atoms with Crippen LogP contribution in [-0.4, -0.2) is 23.6 Å². The van der Waals surface area contributed by atoms with Crippen LogP contribution in [0.4, 0.5) is 0 Å². The molecule has 0 atom stereocenters. The number of hydrogen-bond donors (Lipinski definition) is 0. The van der Waals surface area contributed by atoms with Gasteiger partial charge in [0, 0.05) is 17.2 Å².